The lowest BCUT2D eigenvalue weighted by atomic mass is 10.00. The van der Waals surface area contributed by atoms with Gasteiger partial charge in [0.05, 0.1) is 11.4 Å². The first-order valence-electron chi connectivity index (χ1n) is 14.7. The van der Waals surface area contributed by atoms with Crippen LogP contribution in [0, 0.1) is 0 Å². The second-order valence-electron chi connectivity index (χ2n) is 10.7. The zero-order valence-corrected chi connectivity index (χ0v) is 24.4. The highest BCUT2D eigenvalue weighted by Gasteiger charge is 2.25. The molecule has 1 heterocycles. The molecule has 5 aromatic carbocycles. The predicted octanol–water partition coefficient (Wildman–Crippen LogP) is 11.6. The zero-order chi connectivity index (χ0) is 27.3. The molecule has 0 saturated carbocycles. The van der Waals surface area contributed by atoms with Crippen LogP contribution < -0.4 is 4.90 Å². The molecule has 40 heavy (non-hydrogen) atoms. The van der Waals surface area contributed by atoms with Gasteiger partial charge in [0.15, 0.2) is 0 Å². The Labute approximate surface area is 243 Å². The van der Waals surface area contributed by atoms with Gasteiger partial charge in [0.1, 0.15) is 0 Å². The summed E-state index contributed by atoms with van der Waals surface area (Å²) in [6, 6.07) is 42.9. The van der Waals surface area contributed by atoms with Crippen molar-refractivity contribution in [3.05, 3.63) is 126 Å². The highest BCUT2D eigenvalue weighted by atomic mass is 32.2. The van der Waals surface area contributed by atoms with Gasteiger partial charge in [-0.1, -0.05) is 117 Å². The third-order valence-corrected chi connectivity index (χ3v) is 8.94. The van der Waals surface area contributed by atoms with Gasteiger partial charge in [0.25, 0.3) is 0 Å². The van der Waals surface area contributed by atoms with Crippen molar-refractivity contribution < 1.29 is 0 Å². The molecule has 0 aromatic heterocycles. The van der Waals surface area contributed by atoms with E-state index in [0.717, 1.165) is 12.8 Å². The van der Waals surface area contributed by atoms with E-state index in [1.165, 1.54) is 85.9 Å². The molecule has 0 bridgehead atoms. The first-order chi connectivity index (χ1) is 19.7. The summed E-state index contributed by atoms with van der Waals surface area (Å²) in [4.78, 5) is 4.99. The highest BCUT2D eigenvalue weighted by Crippen LogP contribution is 2.53. The summed E-state index contributed by atoms with van der Waals surface area (Å²) in [5, 5.41) is 0. The fourth-order valence-electron chi connectivity index (χ4n) is 5.51. The summed E-state index contributed by atoms with van der Waals surface area (Å²) in [5.74, 6) is 0. The Bertz CT molecular complexity index is 1470. The molecule has 0 N–H and O–H groups in total. The van der Waals surface area contributed by atoms with Gasteiger partial charge in [-0.25, -0.2) is 0 Å². The maximum absolute atomic E-state index is 2.41. The normalized spacial score (nSPS) is 12.2. The molecule has 0 spiro atoms. The van der Waals surface area contributed by atoms with Crippen LogP contribution in [0.25, 0.3) is 22.3 Å². The number of rotatable bonds is 9. The number of unbranched alkanes of at least 4 members (excludes halogenated alkanes) is 2. The zero-order valence-electron chi connectivity index (χ0n) is 23.6. The summed E-state index contributed by atoms with van der Waals surface area (Å²) < 4.78 is 0. The average molecular weight is 540 g/mol. The lowest BCUT2D eigenvalue weighted by Gasteiger charge is -2.33. The Hall–Kier alpha value is -3.75. The van der Waals surface area contributed by atoms with Gasteiger partial charge in [-0.15, -0.1) is 0 Å². The topological polar surface area (TPSA) is 3.24 Å². The Morgan fingerprint density at radius 2 is 0.950 bits per heavy atom. The van der Waals surface area contributed by atoms with Crippen LogP contribution in [0.3, 0.4) is 0 Å². The lowest BCUT2D eigenvalue weighted by molar-refractivity contribution is 0.795. The largest absolute Gasteiger partial charge is 0.308 e. The van der Waals surface area contributed by atoms with Crippen LogP contribution in [0.4, 0.5) is 17.1 Å². The minimum absolute atomic E-state index is 1.16. The summed E-state index contributed by atoms with van der Waals surface area (Å²) in [5.41, 5.74) is 11.6. The molecule has 200 valence electrons. The molecular weight excluding hydrogens is 502 g/mol. The van der Waals surface area contributed by atoms with Crippen LogP contribution in [0.5, 0.6) is 0 Å². The van der Waals surface area contributed by atoms with Crippen LogP contribution in [-0.2, 0) is 12.8 Å². The number of para-hydroxylation sites is 1. The van der Waals surface area contributed by atoms with Gasteiger partial charge in [0.2, 0.25) is 0 Å². The van der Waals surface area contributed by atoms with E-state index in [1.54, 1.807) is 0 Å². The molecule has 2 heteroatoms. The highest BCUT2D eigenvalue weighted by molar-refractivity contribution is 7.99. The predicted molar refractivity (Wildman–Crippen MR) is 173 cm³/mol. The van der Waals surface area contributed by atoms with Gasteiger partial charge in [-0.2, -0.15) is 0 Å². The fourth-order valence-corrected chi connectivity index (χ4v) is 6.65. The third kappa shape index (κ3) is 5.60. The number of hydrogen-bond donors (Lipinski definition) is 0. The van der Waals surface area contributed by atoms with E-state index in [4.69, 9.17) is 0 Å². The molecule has 0 atom stereocenters. The molecule has 1 nitrogen and oxygen atoms in total. The van der Waals surface area contributed by atoms with Gasteiger partial charge < -0.3 is 4.90 Å². The number of nitrogens with zero attached hydrogens (tertiary/aromatic N) is 1. The minimum Gasteiger partial charge on any atom is -0.308 e. The van der Waals surface area contributed by atoms with Crippen molar-refractivity contribution in [2.24, 2.45) is 0 Å². The summed E-state index contributed by atoms with van der Waals surface area (Å²) in [6.45, 7) is 4.51. The molecule has 0 radical (unpaired) electrons. The Morgan fingerprint density at radius 3 is 1.40 bits per heavy atom. The fraction of sp³-hybridized carbons (Fsp3) is 0.211. The van der Waals surface area contributed by atoms with Crippen molar-refractivity contribution in [3.63, 3.8) is 0 Å². The molecule has 0 unspecified atom stereocenters. The van der Waals surface area contributed by atoms with Crippen molar-refractivity contribution >= 4 is 28.8 Å². The quantitative estimate of drug-likeness (QED) is 0.180. The van der Waals surface area contributed by atoms with E-state index in [0.29, 0.717) is 0 Å². The van der Waals surface area contributed by atoms with E-state index < -0.39 is 0 Å². The van der Waals surface area contributed by atoms with Gasteiger partial charge >= 0.3 is 0 Å². The molecule has 6 rings (SSSR count). The molecule has 0 amide bonds. The van der Waals surface area contributed by atoms with Crippen LogP contribution >= 0.6 is 11.8 Å². The molecular formula is C38H37NS. The number of anilines is 3. The molecule has 1 aliphatic heterocycles. The average Bonchev–Trinajstić information content (AvgIpc) is 3.02. The standard InChI is InChI=1S/C38H37NS/c1-3-5-10-28-14-18-30(19-15-28)32-22-24-35-37(26-32)40-38-27-33(31-20-16-29(17-21-31)11-6-4-2)23-25-36(38)39(35)34-12-8-7-9-13-34/h7-9,12-27H,3-6,10-11H2,1-2H3. The molecule has 5 aromatic rings. The van der Waals surface area contributed by atoms with Crippen molar-refractivity contribution in [1.29, 1.82) is 0 Å². The van der Waals surface area contributed by atoms with Crippen LogP contribution in [0.15, 0.2) is 125 Å². The minimum atomic E-state index is 1.16. The second-order valence-corrected chi connectivity index (χ2v) is 11.8. The van der Waals surface area contributed by atoms with Crippen molar-refractivity contribution in [1.82, 2.24) is 0 Å². The van der Waals surface area contributed by atoms with E-state index >= 15 is 0 Å². The Morgan fingerprint density at radius 1 is 0.500 bits per heavy atom. The summed E-state index contributed by atoms with van der Waals surface area (Å²) in [6.07, 6.45) is 7.26. The summed E-state index contributed by atoms with van der Waals surface area (Å²) >= 11 is 1.89. The van der Waals surface area contributed by atoms with Crippen molar-refractivity contribution in [3.8, 4) is 22.3 Å². The first kappa shape index (κ1) is 26.5. The van der Waals surface area contributed by atoms with Gasteiger partial charge in [-0.3, -0.25) is 0 Å². The first-order valence-corrected chi connectivity index (χ1v) is 15.5. The maximum Gasteiger partial charge on any atom is 0.0602 e. The molecule has 1 aliphatic rings. The number of benzene rings is 5. The van der Waals surface area contributed by atoms with Crippen LogP contribution in [0.1, 0.15) is 50.7 Å². The van der Waals surface area contributed by atoms with Crippen molar-refractivity contribution in [2.75, 3.05) is 4.90 Å². The smallest absolute Gasteiger partial charge is 0.0602 e. The van der Waals surface area contributed by atoms with Gasteiger partial charge in [-0.05, 0) is 95.5 Å². The third-order valence-electron chi connectivity index (χ3n) is 7.85. The summed E-state index contributed by atoms with van der Waals surface area (Å²) in [7, 11) is 0. The van der Waals surface area contributed by atoms with E-state index in [1.807, 2.05) is 11.8 Å². The van der Waals surface area contributed by atoms with Crippen LogP contribution in [0.2, 0.25) is 0 Å². The monoisotopic (exact) mass is 539 g/mol. The van der Waals surface area contributed by atoms with Crippen LogP contribution in [-0.4, -0.2) is 0 Å². The number of hydrogen-bond acceptors (Lipinski definition) is 2. The SMILES string of the molecule is CCCCc1ccc(-c2ccc3c(c2)Sc2cc(-c4ccc(CCCC)cc4)ccc2N3c2ccccc2)cc1. The van der Waals surface area contributed by atoms with Gasteiger partial charge in [0, 0.05) is 15.5 Å². The Balaban J connectivity index is 1.36. The van der Waals surface area contributed by atoms with E-state index in [9.17, 15) is 0 Å². The second kappa shape index (κ2) is 12.2. The van der Waals surface area contributed by atoms with E-state index in [2.05, 4.69) is 134 Å². The lowest BCUT2D eigenvalue weighted by Crippen LogP contribution is -2.14. The molecule has 0 fully saturated rings. The maximum atomic E-state index is 2.41. The number of fused-ring (bicyclic) bond motifs is 2. The Kier molecular flexibility index (Phi) is 8.07. The molecule has 0 saturated heterocycles. The molecule has 0 aliphatic carbocycles. The van der Waals surface area contributed by atoms with Crippen molar-refractivity contribution in [2.45, 2.75) is 62.2 Å². The number of aryl methyl sites for hydroxylation is 2. The van der Waals surface area contributed by atoms with E-state index in [-0.39, 0.29) is 0 Å².